The molecule has 0 N–H and O–H groups in total. The number of likely N-dealkylation sites (N-methyl/N-ethyl adjacent to an activating group) is 1. The Labute approximate surface area is 146 Å². The van der Waals surface area contributed by atoms with Crippen molar-refractivity contribution in [2.75, 3.05) is 11.4 Å². The second-order valence-electron chi connectivity index (χ2n) is 7.93. The highest BCUT2D eigenvalue weighted by Gasteiger charge is 2.32. The zero-order valence-corrected chi connectivity index (χ0v) is 15.6. The van der Waals surface area contributed by atoms with E-state index in [-0.39, 0.29) is 0 Å². The molecule has 4 rings (SSSR count). The van der Waals surface area contributed by atoms with E-state index >= 15 is 0 Å². The molecule has 0 amide bonds. The number of benzene rings is 2. The first kappa shape index (κ1) is 15.7. The van der Waals surface area contributed by atoms with Gasteiger partial charge in [-0.15, -0.1) is 0 Å². The first-order chi connectivity index (χ1) is 11.5. The third-order valence-corrected chi connectivity index (χ3v) is 6.78. The summed E-state index contributed by atoms with van der Waals surface area (Å²) in [6.45, 7) is 12.8. The molecule has 1 aliphatic carbocycles. The van der Waals surface area contributed by atoms with E-state index in [4.69, 9.17) is 0 Å². The summed E-state index contributed by atoms with van der Waals surface area (Å²) in [6, 6.07) is 14.7. The lowest BCUT2D eigenvalue weighted by molar-refractivity contribution is 0.532. The molecule has 0 fully saturated rings. The van der Waals surface area contributed by atoms with E-state index < -0.39 is 0 Å². The smallest absolute Gasteiger partial charge is 0.0411 e. The van der Waals surface area contributed by atoms with Crippen LogP contribution in [0.4, 0.5) is 5.69 Å². The zero-order chi connectivity index (χ0) is 17.0. The van der Waals surface area contributed by atoms with Gasteiger partial charge >= 0.3 is 0 Å². The summed E-state index contributed by atoms with van der Waals surface area (Å²) in [5.41, 5.74) is 8.96. The average Bonchev–Trinajstić information content (AvgIpc) is 3.02. The molecule has 0 aromatic heterocycles. The van der Waals surface area contributed by atoms with Crippen LogP contribution in [0.3, 0.4) is 0 Å². The fourth-order valence-electron chi connectivity index (χ4n) is 4.89. The summed E-state index contributed by atoms with van der Waals surface area (Å²) in [5.74, 6) is 2.06. The molecule has 2 aromatic rings. The van der Waals surface area contributed by atoms with Gasteiger partial charge in [0, 0.05) is 24.2 Å². The molecule has 1 heteroatoms. The van der Waals surface area contributed by atoms with Crippen molar-refractivity contribution in [2.24, 2.45) is 5.92 Å². The molecule has 4 atom stereocenters. The molecular formula is C23H29N. The van der Waals surface area contributed by atoms with Gasteiger partial charge in [0.2, 0.25) is 0 Å². The normalized spacial score (nSPS) is 28.1. The van der Waals surface area contributed by atoms with Crippen LogP contribution in [-0.2, 0) is 6.42 Å². The molecule has 2 aliphatic rings. The predicted octanol–water partition coefficient (Wildman–Crippen LogP) is 5.98. The number of nitrogens with zero attached hydrogens (tertiary/aromatic N) is 1. The molecule has 1 aliphatic heterocycles. The van der Waals surface area contributed by atoms with Gasteiger partial charge < -0.3 is 4.90 Å². The summed E-state index contributed by atoms with van der Waals surface area (Å²) in [4.78, 5) is 2.57. The Balaban J connectivity index is 1.83. The molecule has 0 unspecified atom stereocenters. The van der Waals surface area contributed by atoms with Gasteiger partial charge in [0.15, 0.2) is 0 Å². The van der Waals surface area contributed by atoms with E-state index in [1.165, 1.54) is 28.8 Å². The molecule has 1 nitrogen and oxygen atoms in total. The van der Waals surface area contributed by atoms with Crippen LogP contribution in [0, 0.1) is 5.92 Å². The summed E-state index contributed by atoms with van der Waals surface area (Å²) in [7, 11) is 0. The van der Waals surface area contributed by atoms with Crippen LogP contribution in [0.1, 0.15) is 63.1 Å². The van der Waals surface area contributed by atoms with Crippen molar-refractivity contribution in [3.63, 3.8) is 0 Å². The molecule has 0 saturated heterocycles. The van der Waals surface area contributed by atoms with Gasteiger partial charge in [-0.3, -0.25) is 0 Å². The highest BCUT2D eigenvalue weighted by molar-refractivity contribution is 5.76. The maximum Gasteiger partial charge on any atom is 0.0411 e. The lowest BCUT2D eigenvalue weighted by Gasteiger charge is -2.24. The Hall–Kier alpha value is -1.76. The minimum Gasteiger partial charge on any atom is -0.368 e. The summed E-state index contributed by atoms with van der Waals surface area (Å²) >= 11 is 0. The van der Waals surface area contributed by atoms with Crippen molar-refractivity contribution in [1.82, 2.24) is 0 Å². The Morgan fingerprint density at radius 3 is 2.50 bits per heavy atom. The number of fused-ring (bicyclic) bond motifs is 2. The monoisotopic (exact) mass is 319 g/mol. The van der Waals surface area contributed by atoms with E-state index in [0.717, 1.165) is 12.5 Å². The Kier molecular flexibility index (Phi) is 3.71. The maximum absolute atomic E-state index is 2.57. The molecule has 24 heavy (non-hydrogen) atoms. The first-order valence-electron chi connectivity index (χ1n) is 9.55. The Morgan fingerprint density at radius 2 is 1.75 bits per heavy atom. The van der Waals surface area contributed by atoms with Crippen LogP contribution >= 0.6 is 0 Å². The molecule has 2 aromatic carbocycles. The number of anilines is 1. The van der Waals surface area contributed by atoms with Gasteiger partial charge in [-0.2, -0.15) is 0 Å². The fourth-order valence-corrected chi connectivity index (χ4v) is 4.89. The minimum absolute atomic E-state index is 0.599. The van der Waals surface area contributed by atoms with Crippen LogP contribution in [0.5, 0.6) is 0 Å². The second kappa shape index (κ2) is 5.65. The molecule has 1 heterocycles. The average molecular weight is 319 g/mol. The van der Waals surface area contributed by atoms with Crippen molar-refractivity contribution in [3.05, 3.63) is 53.1 Å². The van der Waals surface area contributed by atoms with Gasteiger partial charge in [0.05, 0.1) is 0 Å². The molecule has 0 radical (unpaired) electrons. The molecule has 0 saturated carbocycles. The highest BCUT2D eigenvalue weighted by atomic mass is 15.2. The topological polar surface area (TPSA) is 3.24 Å². The molecule has 126 valence electrons. The standard InChI is InChI=1S/C23H29N/c1-6-24-17(5)16(4)20-11-10-18(13-23(20)24)21-9-7-8-19-15(3)14(2)12-22(19)21/h7-11,13-17H,6,12H2,1-5H3/t14-,15-,16+,17-/m0/s1. The maximum atomic E-state index is 2.57. The Morgan fingerprint density at radius 1 is 0.958 bits per heavy atom. The summed E-state index contributed by atoms with van der Waals surface area (Å²) in [6.07, 6.45) is 1.22. The van der Waals surface area contributed by atoms with E-state index in [0.29, 0.717) is 17.9 Å². The quantitative estimate of drug-likeness (QED) is 0.658. The van der Waals surface area contributed by atoms with E-state index in [1.807, 2.05) is 0 Å². The molecule has 0 bridgehead atoms. The summed E-state index contributed by atoms with van der Waals surface area (Å²) in [5, 5.41) is 0. The largest absolute Gasteiger partial charge is 0.368 e. The first-order valence-corrected chi connectivity index (χ1v) is 9.55. The van der Waals surface area contributed by atoms with E-state index in [2.05, 4.69) is 75.9 Å². The van der Waals surface area contributed by atoms with Crippen molar-refractivity contribution in [1.29, 1.82) is 0 Å². The molecule has 0 spiro atoms. The minimum atomic E-state index is 0.599. The van der Waals surface area contributed by atoms with Crippen LogP contribution in [0.25, 0.3) is 11.1 Å². The fraction of sp³-hybridized carbons (Fsp3) is 0.478. The number of rotatable bonds is 2. The van der Waals surface area contributed by atoms with Crippen LogP contribution in [0.2, 0.25) is 0 Å². The van der Waals surface area contributed by atoms with Crippen molar-refractivity contribution < 1.29 is 0 Å². The van der Waals surface area contributed by atoms with Gasteiger partial charge in [0.25, 0.3) is 0 Å². The Bertz CT molecular complexity index is 776. The third-order valence-electron chi connectivity index (χ3n) is 6.78. The van der Waals surface area contributed by atoms with E-state index in [1.54, 1.807) is 11.1 Å². The van der Waals surface area contributed by atoms with Crippen molar-refractivity contribution in [2.45, 2.75) is 58.9 Å². The molecular weight excluding hydrogens is 290 g/mol. The highest BCUT2D eigenvalue weighted by Crippen LogP contribution is 2.45. The van der Waals surface area contributed by atoms with Crippen molar-refractivity contribution in [3.8, 4) is 11.1 Å². The van der Waals surface area contributed by atoms with Crippen molar-refractivity contribution >= 4 is 5.69 Å². The predicted molar refractivity (Wildman–Crippen MR) is 104 cm³/mol. The number of hydrogen-bond acceptors (Lipinski definition) is 1. The van der Waals surface area contributed by atoms with E-state index in [9.17, 15) is 0 Å². The third kappa shape index (κ3) is 2.13. The van der Waals surface area contributed by atoms with Gasteiger partial charge in [-0.25, -0.2) is 0 Å². The van der Waals surface area contributed by atoms with Crippen LogP contribution in [0.15, 0.2) is 36.4 Å². The zero-order valence-electron chi connectivity index (χ0n) is 15.6. The second-order valence-corrected chi connectivity index (χ2v) is 7.93. The van der Waals surface area contributed by atoms with Gasteiger partial charge in [-0.05, 0) is 66.0 Å². The SMILES string of the molecule is CCN1c2cc(-c3cccc4c3C[C@H](C)[C@@H]4C)ccc2[C@H](C)[C@@H]1C. The van der Waals surface area contributed by atoms with Gasteiger partial charge in [0.1, 0.15) is 0 Å². The summed E-state index contributed by atoms with van der Waals surface area (Å²) < 4.78 is 0. The number of hydrogen-bond donors (Lipinski definition) is 0. The lowest BCUT2D eigenvalue weighted by Crippen LogP contribution is -2.30. The van der Waals surface area contributed by atoms with Crippen LogP contribution in [-0.4, -0.2) is 12.6 Å². The lowest BCUT2D eigenvalue weighted by atomic mass is 9.92. The van der Waals surface area contributed by atoms with Crippen LogP contribution < -0.4 is 4.90 Å². The van der Waals surface area contributed by atoms with Gasteiger partial charge in [-0.1, -0.05) is 51.1 Å².